The van der Waals surface area contributed by atoms with E-state index in [1.807, 2.05) is 0 Å². The van der Waals surface area contributed by atoms with E-state index in [2.05, 4.69) is 30.5 Å². The zero-order valence-corrected chi connectivity index (χ0v) is 10.4. The summed E-state index contributed by atoms with van der Waals surface area (Å²) in [6.07, 6.45) is 2.49. The average molecular weight is 230 g/mol. The Morgan fingerprint density at radius 1 is 1.29 bits per heavy atom. The van der Waals surface area contributed by atoms with Crippen LogP contribution in [0.4, 0.5) is 0 Å². The van der Waals surface area contributed by atoms with Crippen LogP contribution in [0.2, 0.25) is 0 Å². The van der Waals surface area contributed by atoms with E-state index in [1.54, 1.807) is 0 Å². The van der Waals surface area contributed by atoms with Crippen LogP contribution in [0.3, 0.4) is 0 Å². The maximum absolute atomic E-state index is 9.20. The van der Waals surface area contributed by atoms with Crippen molar-refractivity contribution in [3.8, 4) is 0 Å². The summed E-state index contributed by atoms with van der Waals surface area (Å²) in [6.45, 7) is 5.08. The highest BCUT2D eigenvalue weighted by Gasteiger charge is 2.29. The van der Waals surface area contributed by atoms with Gasteiger partial charge in [0.25, 0.3) is 0 Å². The van der Waals surface area contributed by atoms with E-state index < -0.39 is 0 Å². The first kappa shape index (κ1) is 10.8. The van der Waals surface area contributed by atoms with Crippen molar-refractivity contribution in [3.05, 3.63) is 29.1 Å². The molecule has 0 spiro atoms. The van der Waals surface area contributed by atoms with Crippen molar-refractivity contribution < 1.29 is 5.11 Å². The van der Waals surface area contributed by atoms with Crippen molar-refractivity contribution in [2.75, 3.05) is 6.61 Å². The highest BCUT2D eigenvalue weighted by atomic mass is 16.3. The van der Waals surface area contributed by atoms with E-state index in [9.17, 15) is 5.11 Å². The van der Waals surface area contributed by atoms with Crippen LogP contribution < -0.4 is 0 Å². The molecule has 1 aliphatic carbocycles. The molecular formula is C14H18N2O. The van der Waals surface area contributed by atoms with Crippen molar-refractivity contribution in [1.29, 1.82) is 0 Å². The second-order valence-corrected chi connectivity index (χ2v) is 5.04. The molecule has 1 aromatic heterocycles. The standard InChI is InChI=1S/C14H18N2O/c1-9-7-12-13(8-10(9)2)16(5-6-17)14(15-12)11-3-4-11/h7-8,11,17H,3-6H2,1-2H3. The maximum atomic E-state index is 9.20. The van der Waals surface area contributed by atoms with E-state index in [0.717, 1.165) is 5.52 Å². The minimum Gasteiger partial charge on any atom is -0.395 e. The molecule has 1 N–H and O–H groups in total. The van der Waals surface area contributed by atoms with Crippen LogP contribution in [0.1, 0.15) is 35.7 Å². The first-order valence-electron chi connectivity index (χ1n) is 6.29. The summed E-state index contributed by atoms with van der Waals surface area (Å²) in [7, 11) is 0. The predicted octanol–water partition coefficient (Wildman–Crippen LogP) is 2.52. The molecule has 2 aromatic rings. The number of aliphatic hydroxyl groups is 1. The van der Waals surface area contributed by atoms with Gasteiger partial charge in [0, 0.05) is 12.5 Å². The highest BCUT2D eigenvalue weighted by molar-refractivity contribution is 5.78. The first-order valence-corrected chi connectivity index (χ1v) is 6.29. The Labute approximate surface area is 101 Å². The smallest absolute Gasteiger partial charge is 0.113 e. The molecule has 90 valence electrons. The van der Waals surface area contributed by atoms with Crippen LogP contribution in [0.15, 0.2) is 12.1 Å². The molecule has 3 nitrogen and oxygen atoms in total. The molecule has 0 bridgehead atoms. The van der Waals surface area contributed by atoms with E-state index in [1.165, 1.54) is 35.3 Å². The fourth-order valence-electron chi connectivity index (χ4n) is 2.39. The molecule has 0 radical (unpaired) electrons. The number of rotatable bonds is 3. The zero-order chi connectivity index (χ0) is 12.0. The SMILES string of the molecule is Cc1cc2nc(C3CC3)n(CCO)c2cc1C. The summed E-state index contributed by atoms with van der Waals surface area (Å²) in [4.78, 5) is 4.75. The van der Waals surface area contributed by atoms with Crippen LogP contribution >= 0.6 is 0 Å². The topological polar surface area (TPSA) is 38.0 Å². The van der Waals surface area contributed by atoms with Crippen molar-refractivity contribution in [1.82, 2.24) is 9.55 Å². The maximum Gasteiger partial charge on any atom is 0.113 e. The number of aromatic nitrogens is 2. The third kappa shape index (κ3) is 1.75. The molecule has 3 heteroatoms. The lowest BCUT2D eigenvalue weighted by Crippen LogP contribution is -2.06. The summed E-state index contributed by atoms with van der Waals surface area (Å²) in [5.41, 5.74) is 4.82. The number of benzene rings is 1. The second kappa shape index (κ2) is 3.84. The number of hydrogen-bond donors (Lipinski definition) is 1. The molecule has 1 fully saturated rings. The molecule has 1 saturated carbocycles. The fourth-order valence-corrected chi connectivity index (χ4v) is 2.39. The zero-order valence-electron chi connectivity index (χ0n) is 10.4. The first-order chi connectivity index (χ1) is 8.20. The summed E-state index contributed by atoms with van der Waals surface area (Å²) in [6, 6.07) is 4.35. The molecule has 0 aliphatic heterocycles. The quantitative estimate of drug-likeness (QED) is 0.879. The van der Waals surface area contributed by atoms with Crippen LogP contribution in [-0.2, 0) is 6.54 Å². The van der Waals surface area contributed by atoms with Gasteiger partial charge in [0.1, 0.15) is 5.82 Å². The van der Waals surface area contributed by atoms with Crippen LogP contribution in [0, 0.1) is 13.8 Å². The van der Waals surface area contributed by atoms with Crippen molar-refractivity contribution in [2.24, 2.45) is 0 Å². The average Bonchev–Trinajstić information content (AvgIpc) is 3.08. The van der Waals surface area contributed by atoms with Gasteiger partial charge in [-0.3, -0.25) is 0 Å². The lowest BCUT2D eigenvalue weighted by atomic mass is 10.1. The van der Waals surface area contributed by atoms with E-state index in [4.69, 9.17) is 4.98 Å². The minimum absolute atomic E-state index is 0.179. The third-order valence-electron chi connectivity index (χ3n) is 3.66. The molecule has 17 heavy (non-hydrogen) atoms. The molecule has 0 amide bonds. The predicted molar refractivity (Wildman–Crippen MR) is 68.3 cm³/mol. The molecule has 1 aliphatic rings. The molecule has 0 atom stereocenters. The monoisotopic (exact) mass is 230 g/mol. The van der Waals surface area contributed by atoms with Gasteiger partial charge in [0.15, 0.2) is 0 Å². The third-order valence-corrected chi connectivity index (χ3v) is 3.66. The molecule has 0 unspecified atom stereocenters. The molecule has 3 rings (SSSR count). The molecule has 1 aromatic carbocycles. The van der Waals surface area contributed by atoms with E-state index >= 15 is 0 Å². The molecule has 1 heterocycles. The Hall–Kier alpha value is -1.35. The Morgan fingerprint density at radius 2 is 2.00 bits per heavy atom. The largest absolute Gasteiger partial charge is 0.395 e. The summed E-state index contributed by atoms with van der Waals surface area (Å²) >= 11 is 0. The van der Waals surface area contributed by atoms with Gasteiger partial charge in [-0.2, -0.15) is 0 Å². The van der Waals surface area contributed by atoms with Crippen molar-refractivity contribution in [2.45, 2.75) is 39.2 Å². The van der Waals surface area contributed by atoms with E-state index in [-0.39, 0.29) is 6.61 Å². The number of nitrogens with zero attached hydrogens (tertiary/aromatic N) is 2. The van der Waals surface area contributed by atoms with Crippen molar-refractivity contribution in [3.63, 3.8) is 0 Å². The van der Waals surface area contributed by atoms with Gasteiger partial charge in [-0.1, -0.05) is 0 Å². The number of imidazole rings is 1. The van der Waals surface area contributed by atoms with Crippen LogP contribution in [0.5, 0.6) is 0 Å². The number of fused-ring (bicyclic) bond motifs is 1. The highest BCUT2D eigenvalue weighted by Crippen LogP contribution is 2.40. The summed E-state index contributed by atoms with van der Waals surface area (Å²) in [5, 5.41) is 9.20. The van der Waals surface area contributed by atoms with Gasteiger partial charge < -0.3 is 9.67 Å². The van der Waals surface area contributed by atoms with Crippen molar-refractivity contribution >= 4 is 11.0 Å². The number of aryl methyl sites for hydroxylation is 2. The van der Waals surface area contributed by atoms with Gasteiger partial charge in [0.05, 0.1) is 17.6 Å². The Balaban J connectivity index is 2.23. The van der Waals surface area contributed by atoms with Gasteiger partial charge in [-0.05, 0) is 49.9 Å². The molecule has 0 saturated heterocycles. The summed E-state index contributed by atoms with van der Waals surface area (Å²) in [5.74, 6) is 1.79. The van der Waals surface area contributed by atoms with Crippen LogP contribution in [0.25, 0.3) is 11.0 Å². The second-order valence-electron chi connectivity index (χ2n) is 5.04. The Bertz CT molecular complexity index is 567. The van der Waals surface area contributed by atoms with Gasteiger partial charge in [-0.15, -0.1) is 0 Å². The van der Waals surface area contributed by atoms with E-state index in [0.29, 0.717) is 12.5 Å². The van der Waals surface area contributed by atoms with Crippen LogP contribution in [-0.4, -0.2) is 21.3 Å². The van der Waals surface area contributed by atoms with Gasteiger partial charge >= 0.3 is 0 Å². The fraction of sp³-hybridized carbons (Fsp3) is 0.500. The number of aliphatic hydroxyl groups excluding tert-OH is 1. The number of hydrogen-bond acceptors (Lipinski definition) is 2. The molecular weight excluding hydrogens is 212 g/mol. The minimum atomic E-state index is 0.179. The van der Waals surface area contributed by atoms with Gasteiger partial charge in [0.2, 0.25) is 0 Å². The Kier molecular flexibility index (Phi) is 2.44. The lowest BCUT2D eigenvalue weighted by Gasteiger charge is -2.07. The Morgan fingerprint density at radius 3 is 2.65 bits per heavy atom. The lowest BCUT2D eigenvalue weighted by molar-refractivity contribution is 0.276. The van der Waals surface area contributed by atoms with Gasteiger partial charge in [-0.25, -0.2) is 4.98 Å². The normalized spacial score (nSPS) is 15.7. The summed E-state index contributed by atoms with van der Waals surface area (Å²) < 4.78 is 2.19.